The number of thioether (sulfide) groups is 2. The average molecular weight is 617 g/mol. The standard InChI is InChI=1S/2C13H13NO2S2.Ni/c2*1-2-7-18-11-6-5-10(17)12-8(11)3-4-9(14-12)13(15)16;/h2*3-6,17H,2,7H2,1H3,(H,15,16);. The zero-order chi connectivity index (χ0) is 26.2. The number of aromatic carboxylic acids is 2. The molecule has 6 nitrogen and oxygen atoms in total. The number of aromatic nitrogens is 2. The number of thiol groups is 2. The Bertz CT molecular complexity index is 1310. The normalized spacial score (nSPS) is 10.5. The monoisotopic (exact) mass is 616 g/mol. The van der Waals surface area contributed by atoms with Crippen LogP contribution in [0.25, 0.3) is 21.8 Å². The summed E-state index contributed by atoms with van der Waals surface area (Å²) in [5.41, 5.74) is 1.41. The van der Waals surface area contributed by atoms with E-state index in [1.165, 1.54) is 12.1 Å². The van der Waals surface area contributed by atoms with Gasteiger partial charge in [0.05, 0.1) is 11.0 Å². The smallest absolute Gasteiger partial charge is 0.354 e. The minimum atomic E-state index is -1.02. The van der Waals surface area contributed by atoms with Crippen LogP contribution in [0.4, 0.5) is 0 Å². The molecule has 2 heterocycles. The van der Waals surface area contributed by atoms with Gasteiger partial charge in [0.25, 0.3) is 0 Å². The molecule has 0 radical (unpaired) electrons. The van der Waals surface area contributed by atoms with Crippen molar-refractivity contribution in [2.45, 2.75) is 46.3 Å². The zero-order valence-electron chi connectivity index (χ0n) is 20.1. The van der Waals surface area contributed by atoms with E-state index in [9.17, 15) is 9.59 Å². The third kappa shape index (κ3) is 8.04. The fourth-order valence-electron chi connectivity index (χ4n) is 3.27. The van der Waals surface area contributed by atoms with E-state index < -0.39 is 11.9 Å². The van der Waals surface area contributed by atoms with Crippen molar-refractivity contribution in [3.8, 4) is 0 Å². The van der Waals surface area contributed by atoms with Gasteiger partial charge in [0, 0.05) is 46.8 Å². The molecule has 0 aliphatic carbocycles. The largest absolute Gasteiger partial charge is 0.477 e. The van der Waals surface area contributed by atoms with Gasteiger partial charge in [-0.1, -0.05) is 13.8 Å². The van der Waals surface area contributed by atoms with Crippen molar-refractivity contribution in [1.29, 1.82) is 0 Å². The Morgan fingerprint density at radius 1 is 0.703 bits per heavy atom. The fraction of sp³-hybridized carbons (Fsp3) is 0.231. The summed E-state index contributed by atoms with van der Waals surface area (Å²) in [5.74, 6) is 0.0242. The molecule has 0 atom stereocenters. The molecule has 198 valence electrons. The number of carbonyl (C=O) groups is 2. The molecule has 2 aromatic heterocycles. The first-order valence-electron chi connectivity index (χ1n) is 11.2. The van der Waals surface area contributed by atoms with E-state index in [1.54, 1.807) is 23.5 Å². The van der Waals surface area contributed by atoms with Gasteiger partial charge in [-0.3, -0.25) is 0 Å². The third-order valence-corrected chi connectivity index (χ3v) is 8.23. The second-order valence-corrected chi connectivity index (χ2v) is 10.9. The van der Waals surface area contributed by atoms with Crippen molar-refractivity contribution >= 4 is 82.5 Å². The topological polar surface area (TPSA) is 100 Å². The summed E-state index contributed by atoms with van der Waals surface area (Å²) < 4.78 is 0. The summed E-state index contributed by atoms with van der Waals surface area (Å²) in [6.45, 7) is 4.26. The van der Waals surface area contributed by atoms with Crippen LogP contribution in [0.3, 0.4) is 0 Å². The predicted molar refractivity (Wildman–Crippen MR) is 154 cm³/mol. The first kappa shape index (κ1) is 31.3. The van der Waals surface area contributed by atoms with E-state index in [0.717, 1.165) is 44.9 Å². The third-order valence-electron chi connectivity index (χ3n) is 4.95. The van der Waals surface area contributed by atoms with Gasteiger partial charge in [0.2, 0.25) is 0 Å². The van der Waals surface area contributed by atoms with Gasteiger partial charge in [0.15, 0.2) is 0 Å². The number of hydrogen-bond acceptors (Lipinski definition) is 8. The maximum absolute atomic E-state index is 10.9. The van der Waals surface area contributed by atoms with Crippen molar-refractivity contribution in [2.24, 2.45) is 0 Å². The van der Waals surface area contributed by atoms with Crippen LogP contribution in [-0.4, -0.2) is 43.6 Å². The summed E-state index contributed by atoms with van der Waals surface area (Å²) in [7, 11) is 0. The quantitative estimate of drug-likeness (QED) is 0.0920. The molecule has 4 aromatic rings. The van der Waals surface area contributed by atoms with Gasteiger partial charge in [-0.2, -0.15) is 0 Å². The van der Waals surface area contributed by atoms with E-state index >= 15 is 0 Å². The van der Waals surface area contributed by atoms with E-state index in [4.69, 9.17) is 10.2 Å². The van der Waals surface area contributed by atoms with Crippen molar-refractivity contribution in [1.82, 2.24) is 9.97 Å². The van der Waals surface area contributed by atoms with Gasteiger partial charge in [-0.05, 0) is 72.9 Å². The molecular formula is C26H26N2NiO4S4. The SMILES string of the molecule is CCCSc1ccc(S)c2nc(C(=O)O)ccc12.CCCSc1ccc(S)c2nc(C(=O)O)ccc12.[Ni]. The Morgan fingerprint density at radius 3 is 1.41 bits per heavy atom. The second-order valence-electron chi connectivity index (χ2n) is 7.66. The Balaban J connectivity index is 0.000000253. The number of nitrogens with zero attached hydrogens (tertiary/aromatic N) is 2. The van der Waals surface area contributed by atoms with Crippen LogP contribution in [0.15, 0.2) is 68.1 Å². The zero-order valence-corrected chi connectivity index (χ0v) is 24.5. The molecule has 0 bridgehead atoms. The van der Waals surface area contributed by atoms with Crippen molar-refractivity contribution in [3.63, 3.8) is 0 Å². The van der Waals surface area contributed by atoms with Crippen molar-refractivity contribution in [2.75, 3.05) is 11.5 Å². The number of rotatable bonds is 8. The van der Waals surface area contributed by atoms with Crippen LogP contribution < -0.4 is 0 Å². The van der Waals surface area contributed by atoms with Gasteiger partial charge in [0.1, 0.15) is 11.4 Å². The Kier molecular flexibility index (Phi) is 12.6. The Morgan fingerprint density at radius 2 is 1.08 bits per heavy atom. The number of carboxylic acid groups (broad SMARTS) is 2. The van der Waals surface area contributed by atoms with Gasteiger partial charge in [-0.15, -0.1) is 48.8 Å². The molecule has 0 spiro atoms. The molecule has 0 saturated heterocycles. The molecule has 0 amide bonds. The van der Waals surface area contributed by atoms with Crippen LogP contribution in [0.5, 0.6) is 0 Å². The van der Waals surface area contributed by atoms with Crippen LogP contribution in [0, 0.1) is 0 Å². The first-order valence-corrected chi connectivity index (χ1v) is 14.1. The van der Waals surface area contributed by atoms with Crippen LogP contribution in [-0.2, 0) is 16.5 Å². The first-order chi connectivity index (χ1) is 17.3. The summed E-state index contributed by atoms with van der Waals surface area (Å²) in [5, 5.41) is 19.8. The minimum Gasteiger partial charge on any atom is -0.477 e. The predicted octanol–water partition coefficient (Wildman–Crippen LogP) is 7.45. The minimum absolute atomic E-state index is 0. The van der Waals surface area contributed by atoms with Crippen LogP contribution in [0.1, 0.15) is 47.7 Å². The Labute approximate surface area is 245 Å². The van der Waals surface area contributed by atoms with Crippen LogP contribution in [0.2, 0.25) is 0 Å². The number of fused-ring (bicyclic) bond motifs is 2. The number of carboxylic acids is 2. The number of hydrogen-bond donors (Lipinski definition) is 4. The molecule has 2 N–H and O–H groups in total. The summed E-state index contributed by atoms with van der Waals surface area (Å²) >= 11 is 12.2. The molecule has 0 saturated carbocycles. The molecule has 11 heteroatoms. The molecular weight excluding hydrogens is 591 g/mol. The average Bonchev–Trinajstić information content (AvgIpc) is 2.88. The molecule has 4 rings (SSSR count). The van der Waals surface area contributed by atoms with Crippen molar-refractivity contribution < 1.29 is 36.3 Å². The van der Waals surface area contributed by atoms with E-state index in [1.807, 2.05) is 36.4 Å². The van der Waals surface area contributed by atoms with Crippen LogP contribution >= 0.6 is 48.8 Å². The van der Waals surface area contributed by atoms with E-state index in [0.29, 0.717) is 20.8 Å². The molecule has 0 fully saturated rings. The second kappa shape index (κ2) is 14.9. The molecule has 2 aromatic carbocycles. The molecule has 0 unspecified atom stereocenters. The number of pyridine rings is 2. The maximum atomic E-state index is 10.9. The number of benzene rings is 2. The summed E-state index contributed by atoms with van der Waals surface area (Å²) in [6.07, 6.45) is 2.19. The van der Waals surface area contributed by atoms with Crippen molar-refractivity contribution in [3.05, 3.63) is 59.9 Å². The maximum Gasteiger partial charge on any atom is 0.354 e. The molecule has 0 aliphatic heterocycles. The Hall–Kier alpha value is -1.91. The van der Waals surface area contributed by atoms with Gasteiger partial charge >= 0.3 is 11.9 Å². The van der Waals surface area contributed by atoms with Gasteiger partial charge < -0.3 is 10.2 Å². The fourth-order valence-corrected chi connectivity index (χ4v) is 5.57. The van der Waals surface area contributed by atoms with E-state index in [2.05, 4.69) is 49.1 Å². The molecule has 0 aliphatic rings. The van der Waals surface area contributed by atoms with Gasteiger partial charge in [-0.25, -0.2) is 19.6 Å². The molecule has 37 heavy (non-hydrogen) atoms. The summed E-state index contributed by atoms with van der Waals surface area (Å²) in [6, 6.07) is 14.4. The van der Waals surface area contributed by atoms with E-state index in [-0.39, 0.29) is 27.9 Å². The summed E-state index contributed by atoms with van der Waals surface area (Å²) in [4.78, 5) is 33.8.